The van der Waals surface area contributed by atoms with E-state index >= 15 is 0 Å². The van der Waals surface area contributed by atoms with E-state index in [-0.39, 0.29) is 11.8 Å². The number of rotatable bonds is 3. The number of hydrogen-bond acceptors (Lipinski definition) is 4. The highest BCUT2D eigenvalue weighted by atomic mass is 16.5. The zero-order valence-corrected chi connectivity index (χ0v) is 17.4. The van der Waals surface area contributed by atoms with Crippen LogP contribution in [0.3, 0.4) is 0 Å². The zero-order valence-electron chi connectivity index (χ0n) is 17.4. The molecule has 3 aromatic carbocycles. The number of ether oxygens (including phenoxy) is 1. The number of H-pyrrole nitrogens is 1. The van der Waals surface area contributed by atoms with E-state index in [0.29, 0.717) is 17.4 Å². The van der Waals surface area contributed by atoms with Crippen molar-refractivity contribution < 1.29 is 4.74 Å². The van der Waals surface area contributed by atoms with E-state index < -0.39 is 0 Å². The SMILES string of the molecule is CC(C)c1ccc(C2C(C#N)=C(N)Oc3n[nH]c(-c4cccc5ccccc45)c32)cc1. The average molecular weight is 406 g/mol. The quantitative estimate of drug-likeness (QED) is 0.465. The van der Waals surface area contributed by atoms with Crippen molar-refractivity contribution in [2.24, 2.45) is 5.73 Å². The summed E-state index contributed by atoms with van der Waals surface area (Å²) >= 11 is 0. The Bertz CT molecular complexity index is 1350. The molecule has 0 saturated heterocycles. The number of aromatic amines is 1. The van der Waals surface area contributed by atoms with E-state index in [0.717, 1.165) is 33.2 Å². The lowest BCUT2D eigenvalue weighted by molar-refractivity contribution is 0.379. The Morgan fingerprint density at radius 2 is 1.77 bits per heavy atom. The fraction of sp³-hybridized carbons (Fsp3) is 0.154. The van der Waals surface area contributed by atoms with Gasteiger partial charge in [0.2, 0.25) is 11.8 Å². The Morgan fingerprint density at radius 3 is 2.52 bits per heavy atom. The first kappa shape index (κ1) is 19.0. The predicted molar refractivity (Wildman–Crippen MR) is 121 cm³/mol. The Morgan fingerprint density at radius 1 is 1.03 bits per heavy atom. The first-order valence-corrected chi connectivity index (χ1v) is 10.3. The van der Waals surface area contributed by atoms with E-state index in [9.17, 15) is 5.26 Å². The molecule has 5 heteroatoms. The lowest BCUT2D eigenvalue weighted by atomic mass is 9.82. The number of benzene rings is 3. The number of aromatic nitrogens is 2. The van der Waals surface area contributed by atoms with Crippen molar-refractivity contribution in [3.63, 3.8) is 0 Å². The molecule has 0 radical (unpaired) electrons. The van der Waals surface area contributed by atoms with Crippen LogP contribution < -0.4 is 10.5 Å². The summed E-state index contributed by atoms with van der Waals surface area (Å²) in [6, 6.07) is 25.0. The normalized spacial score (nSPS) is 15.6. The molecule has 152 valence electrons. The molecule has 1 aromatic heterocycles. The smallest absolute Gasteiger partial charge is 0.244 e. The summed E-state index contributed by atoms with van der Waals surface area (Å²) in [4.78, 5) is 0. The van der Waals surface area contributed by atoms with E-state index in [1.807, 2.05) is 18.2 Å². The molecule has 31 heavy (non-hydrogen) atoms. The lowest BCUT2D eigenvalue weighted by Crippen LogP contribution is -2.21. The minimum atomic E-state index is -0.359. The van der Waals surface area contributed by atoms with Crippen molar-refractivity contribution in [1.82, 2.24) is 10.2 Å². The Hall–Kier alpha value is -4.04. The van der Waals surface area contributed by atoms with Gasteiger partial charge in [-0.1, -0.05) is 80.6 Å². The standard InChI is InChI=1S/C26H22N4O/c1-15(2)16-10-12-18(13-11-16)22-21(14-27)25(28)31-26-23(22)24(29-30-26)20-9-5-7-17-6-3-4-8-19(17)20/h3-13,15,22H,28H2,1-2H3,(H,29,30). The van der Waals surface area contributed by atoms with Gasteiger partial charge in [0.15, 0.2) is 0 Å². The lowest BCUT2D eigenvalue weighted by Gasteiger charge is -2.24. The topological polar surface area (TPSA) is 87.7 Å². The second kappa shape index (κ2) is 7.33. The third kappa shape index (κ3) is 3.04. The van der Waals surface area contributed by atoms with Crippen LogP contribution in [-0.4, -0.2) is 10.2 Å². The summed E-state index contributed by atoms with van der Waals surface area (Å²) in [6.45, 7) is 4.32. The minimum absolute atomic E-state index is 0.101. The van der Waals surface area contributed by atoms with Crippen molar-refractivity contribution >= 4 is 10.8 Å². The summed E-state index contributed by atoms with van der Waals surface area (Å²) in [5.41, 5.74) is 11.4. The number of nitriles is 1. The van der Waals surface area contributed by atoms with Crippen molar-refractivity contribution in [1.29, 1.82) is 5.26 Å². The third-order valence-electron chi connectivity index (χ3n) is 5.93. The van der Waals surface area contributed by atoms with Crippen LogP contribution in [0.4, 0.5) is 0 Å². The van der Waals surface area contributed by atoms with Crippen LogP contribution in [0.1, 0.15) is 42.4 Å². The molecule has 0 amide bonds. The molecule has 2 heterocycles. The van der Waals surface area contributed by atoms with Crippen molar-refractivity contribution in [2.75, 3.05) is 0 Å². The number of allylic oxidation sites excluding steroid dienone is 1. The van der Waals surface area contributed by atoms with E-state index in [1.165, 1.54) is 5.56 Å². The Kier molecular flexibility index (Phi) is 4.48. The number of nitrogens with two attached hydrogens (primary N) is 1. The van der Waals surface area contributed by atoms with Gasteiger partial charge in [-0.25, -0.2) is 0 Å². The maximum absolute atomic E-state index is 9.93. The fourth-order valence-corrected chi connectivity index (χ4v) is 4.30. The molecular formula is C26H22N4O. The first-order chi connectivity index (χ1) is 15.1. The maximum Gasteiger partial charge on any atom is 0.244 e. The Labute approximate surface area is 180 Å². The van der Waals surface area contributed by atoms with Gasteiger partial charge in [-0.3, -0.25) is 5.10 Å². The van der Waals surface area contributed by atoms with E-state index in [4.69, 9.17) is 10.5 Å². The molecule has 3 N–H and O–H groups in total. The molecule has 4 aromatic rings. The molecule has 1 aliphatic rings. The van der Waals surface area contributed by atoms with Crippen molar-refractivity contribution in [3.05, 3.63) is 94.9 Å². The second-order valence-corrected chi connectivity index (χ2v) is 8.09. The molecular weight excluding hydrogens is 384 g/mol. The molecule has 5 rings (SSSR count). The second-order valence-electron chi connectivity index (χ2n) is 8.09. The maximum atomic E-state index is 9.93. The van der Waals surface area contributed by atoms with Gasteiger partial charge in [-0.05, 0) is 27.8 Å². The summed E-state index contributed by atoms with van der Waals surface area (Å²) in [7, 11) is 0. The van der Waals surface area contributed by atoms with Gasteiger partial charge in [0, 0.05) is 5.56 Å². The van der Waals surface area contributed by atoms with Crippen LogP contribution in [0.25, 0.3) is 22.0 Å². The zero-order chi connectivity index (χ0) is 21.5. The van der Waals surface area contributed by atoms with E-state index in [1.54, 1.807) is 0 Å². The van der Waals surface area contributed by atoms with Gasteiger partial charge in [-0.2, -0.15) is 5.26 Å². The van der Waals surface area contributed by atoms with Crippen LogP contribution in [-0.2, 0) is 0 Å². The monoisotopic (exact) mass is 406 g/mol. The van der Waals surface area contributed by atoms with Gasteiger partial charge >= 0.3 is 0 Å². The summed E-state index contributed by atoms with van der Waals surface area (Å²) in [5.74, 6) is 0.583. The summed E-state index contributed by atoms with van der Waals surface area (Å²) in [6.07, 6.45) is 0. The molecule has 1 atom stereocenters. The molecule has 1 unspecified atom stereocenters. The predicted octanol–water partition coefficient (Wildman–Crippen LogP) is 5.57. The molecule has 1 aliphatic heterocycles. The number of fused-ring (bicyclic) bond motifs is 2. The molecule has 0 aliphatic carbocycles. The fourth-order valence-electron chi connectivity index (χ4n) is 4.30. The largest absolute Gasteiger partial charge is 0.420 e. The van der Waals surface area contributed by atoms with E-state index in [2.05, 4.69) is 78.6 Å². The molecule has 0 saturated carbocycles. The number of nitrogens with zero attached hydrogens (tertiary/aromatic N) is 2. The van der Waals surface area contributed by atoms with Crippen LogP contribution >= 0.6 is 0 Å². The average Bonchev–Trinajstić information content (AvgIpc) is 3.20. The highest BCUT2D eigenvalue weighted by Gasteiger charge is 2.35. The highest BCUT2D eigenvalue weighted by molar-refractivity contribution is 5.97. The number of hydrogen-bond donors (Lipinski definition) is 2. The first-order valence-electron chi connectivity index (χ1n) is 10.3. The minimum Gasteiger partial charge on any atom is -0.420 e. The molecule has 0 fully saturated rings. The molecule has 5 nitrogen and oxygen atoms in total. The number of nitrogens with one attached hydrogen (secondary N) is 1. The van der Waals surface area contributed by atoms with Gasteiger partial charge in [0.1, 0.15) is 11.6 Å². The van der Waals surface area contributed by atoms with Crippen molar-refractivity contribution in [2.45, 2.75) is 25.7 Å². The summed E-state index contributed by atoms with van der Waals surface area (Å²) < 4.78 is 5.76. The molecule has 0 bridgehead atoms. The summed E-state index contributed by atoms with van der Waals surface area (Å²) in [5, 5.41) is 19.7. The highest BCUT2D eigenvalue weighted by Crippen LogP contribution is 2.46. The van der Waals surface area contributed by atoms with Gasteiger partial charge in [-0.15, -0.1) is 5.10 Å². The van der Waals surface area contributed by atoms with Crippen LogP contribution in [0, 0.1) is 11.3 Å². The molecule has 0 spiro atoms. The van der Waals surface area contributed by atoms with Crippen LogP contribution in [0.15, 0.2) is 78.2 Å². The van der Waals surface area contributed by atoms with Gasteiger partial charge in [0.25, 0.3) is 0 Å². The third-order valence-corrected chi connectivity index (χ3v) is 5.93. The van der Waals surface area contributed by atoms with Crippen LogP contribution in [0.5, 0.6) is 5.88 Å². The van der Waals surface area contributed by atoms with Gasteiger partial charge < -0.3 is 10.5 Å². The van der Waals surface area contributed by atoms with Gasteiger partial charge in [0.05, 0.1) is 17.2 Å². The Balaban J connectivity index is 1.74. The van der Waals surface area contributed by atoms with Crippen LogP contribution in [0.2, 0.25) is 0 Å². The van der Waals surface area contributed by atoms with Crippen molar-refractivity contribution in [3.8, 4) is 23.2 Å².